The summed E-state index contributed by atoms with van der Waals surface area (Å²) in [5, 5.41) is 3.25. The average Bonchev–Trinajstić information content (AvgIpc) is 2.46. The number of hydrogen-bond donors (Lipinski definition) is 1. The second-order valence-corrected chi connectivity index (χ2v) is 7.00. The number of rotatable bonds is 4. The number of ketones is 1. The minimum atomic E-state index is 0.245. The Morgan fingerprint density at radius 2 is 2.14 bits per heavy atom. The molecule has 3 nitrogen and oxygen atoms in total. The first-order valence-corrected chi connectivity index (χ1v) is 8.12. The van der Waals surface area contributed by atoms with Gasteiger partial charge in [0.05, 0.1) is 6.61 Å². The molecule has 120 valence electrons. The zero-order chi connectivity index (χ0) is 16.2. The van der Waals surface area contributed by atoms with E-state index in [1.165, 1.54) is 0 Å². The van der Waals surface area contributed by atoms with E-state index in [0.29, 0.717) is 18.9 Å². The van der Waals surface area contributed by atoms with Crippen LogP contribution in [0.25, 0.3) is 0 Å². The standard InChI is InChI=1S/C19H27NO2/c1-5-22-17-8-6-7-16(12-17)20-13-14-11-15(19(2,3)4)9-10-18(14)21/h6-8,12-13,15,20H,5,9-11H2,1-4H3/b14-13+/t15-/m0/s1. The molecule has 0 amide bonds. The number of ether oxygens (including phenoxy) is 1. The lowest BCUT2D eigenvalue weighted by Gasteiger charge is -2.34. The lowest BCUT2D eigenvalue weighted by molar-refractivity contribution is -0.117. The molecule has 1 atom stereocenters. The topological polar surface area (TPSA) is 38.3 Å². The molecule has 0 aromatic heterocycles. The van der Waals surface area contributed by atoms with Gasteiger partial charge in [0.2, 0.25) is 0 Å². The molecule has 1 fully saturated rings. The maximum Gasteiger partial charge on any atom is 0.160 e. The highest BCUT2D eigenvalue weighted by molar-refractivity contribution is 5.96. The van der Waals surface area contributed by atoms with Crippen LogP contribution in [-0.2, 0) is 4.79 Å². The minimum absolute atomic E-state index is 0.245. The van der Waals surface area contributed by atoms with E-state index in [2.05, 4.69) is 26.1 Å². The van der Waals surface area contributed by atoms with Crippen LogP contribution in [0, 0.1) is 11.3 Å². The van der Waals surface area contributed by atoms with Gasteiger partial charge >= 0.3 is 0 Å². The molecule has 0 bridgehead atoms. The summed E-state index contributed by atoms with van der Waals surface area (Å²) in [6.45, 7) is 9.38. The molecule has 1 aromatic carbocycles. The van der Waals surface area contributed by atoms with Crippen molar-refractivity contribution in [3.8, 4) is 5.75 Å². The monoisotopic (exact) mass is 301 g/mol. The van der Waals surface area contributed by atoms with Gasteiger partial charge in [-0.3, -0.25) is 4.79 Å². The first kappa shape index (κ1) is 16.6. The lowest BCUT2D eigenvalue weighted by Crippen LogP contribution is -2.27. The summed E-state index contributed by atoms with van der Waals surface area (Å²) in [7, 11) is 0. The molecule has 3 heteroatoms. The molecule has 1 aliphatic carbocycles. The van der Waals surface area contributed by atoms with Crippen molar-refractivity contribution >= 4 is 11.5 Å². The Balaban J connectivity index is 2.07. The zero-order valence-corrected chi connectivity index (χ0v) is 14.1. The molecular formula is C19H27NO2. The third kappa shape index (κ3) is 4.36. The van der Waals surface area contributed by atoms with Crippen molar-refractivity contribution in [1.82, 2.24) is 0 Å². The quantitative estimate of drug-likeness (QED) is 0.812. The Bertz CT molecular complexity index is 555. The fraction of sp³-hybridized carbons (Fsp3) is 0.526. The highest BCUT2D eigenvalue weighted by Crippen LogP contribution is 2.38. The number of hydrogen-bond acceptors (Lipinski definition) is 3. The maximum atomic E-state index is 12.1. The van der Waals surface area contributed by atoms with Crippen molar-refractivity contribution in [2.45, 2.75) is 47.0 Å². The fourth-order valence-electron chi connectivity index (χ4n) is 2.84. The van der Waals surface area contributed by atoms with Gasteiger partial charge in [-0.15, -0.1) is 0 Å². The van der Waals surface area contributed by atoms with Gasteiger partial charge in [0.1, 0.15) is 5.75 Å². The molecule has 1 N–H and O–H groups in total. The summed E-state index contributed by atoms with van der Waals surface area (Å²) in [6, 6.07) is 7.82. The van der Waals surface area contributed by atoms with E-state index in [-0.39, 0.29) is 11.2 Å². The number of nitrogens with one attached hydrogen (secondary N) is 1. The molecular weight excluding hydrogens is 274 g/mol. The zero-order valence-electron chi connectivity index (χ0n) is 14.1. The second-order valence-electron chi connectivity index (χ2n) is 7.00. The van der Waals surface area contributed by atoms with Crippen LogP contribution in [0.1, 0.15) is 47.0 Å². The molecule has 22 heavy (non-hydrogen) atoms. The van der Waals surface area contributed by atoms with Gasteiger partial charge in [0.25, 0.3) is 0 Å². The molecule has 1 saturated carbocycles. The number of allylic oxidation sites excluding steroid dienone is 1. The lowest BCUT2D eigenvalue weighted by atomic mass is 9.71. The van der Waals surface area contributed by atoms with Gasteiger partial charge < -0.3 is 10.1 Å². The van der Waals surface area contributed by atoms with E-state index >= 15 is 0 Å². The third-order valence-corrected chi connectivity index (χ3v) is 4.33. The first-order chi connectivity index (χ1) is 10.4. The van der Waals surface area contributed by atoms with Crippen LogP contribution in [0.3, 0.4) is 0 Å². The normalized spacial score (nSPS) is 21.0. The smallest absolute Gasteiger partial charge is 0.160 e. The average molecular weight is 301 g/mol. The van der Waals surface area contributed by atoms with Crippen LogP contribution in [0.2, 0.25) is 0 Å². The molecule has 2 rings (SSSR count). The Labute approximate surface area is 133 Å². The number of anilines is 1. The van der Waals surface area contributed by atoms with Gasteiger partial charge in [0.15, 0.2) is 5.78 Å². The molecule has 0 saturated heterocycles. The molecule has 0 unspecified atom stereocenters. The van der Waals surface area contributed by atoms with Crippen LogP contribution in [0.15, 0.2) is 36.0 Å². The molecule has 0 spiro atoms. The molecule has 0 heterocycles. The van der Waals surface area contributed by atoms with E-state index in [4.69, 9.17) is 4.74 Å². The van der Waals surface area contributed by atoms with Crippen molar-refractivity contribution in [1.29, 1.82) is 0 Å². The number of Topliss-reactive ketones (excluding diaryl/α,β-unsaturated/α-hetero) is 1. The van der Waals surface area contributed by atoms with Crippen LogP contribution in [-0.4, -0.2) is 12.4 Å². The van der Waals surface area contributed by atoms with Crippen LogP contribution < -0.4 is 10.1 Å². The Morgan fingerprint density at radius 3 is 2.82 bits per heavy atom. The van der Waals surface area contributed by atoms with Gasteiger partial charge in [-0.05, 0) is 43.2 Å². The SMILES string of the molecule is CCOc1cccc(N/C=C2\C[C@@H](C(C)(C)C)CCC2=O)c1. The number of carbonyl (C=O) groups excluding carboxylic acids is 1. The van der Waals surface area contributed by atoms with E-state index in [9.17, 15) is 4.79 Å². The van der Waals surface area contributed by atoms with Crippen molar-refractivity contribution in [2.75, 3.05) is 11.9 Å². The van der Waals surface area contributed by atoms with Gasteiger partial charge in [0, 0.05) is 29.9 Å². The largest absolute Gasteiger partial charge is 0.494 e. The van der Waals surface area contributed by atoms with E-state index < -0.39 is 0 Å². The third-order valence-electron chi connectivity index (χ3n) is 4.33. The highest BCUT2D eigenvalue weighted by Gasteiger charge is 2.31. The Morgan fingerprint density at radius 1 is 1.36 bits per heavy atom. The van der Waals surface area contributed by atoms with E-state index in [1.807, 2.05) is 37.4 Å². The summed E-state index contributed by atoms with van der Waals surface area (Å²) in [5.74, 6) is 1.68. The summed E-state index contributed by atoms with van der Waals surface area (Å²) >= 11 is 0. The van der Waals surface area contributed by atoms with Crippen molar-refractivity contribution in [2.24, 2.45) is 11.3 Å². The minimum Gasteiger partial charge on any atom is -0.494 e. The van der Waals surface area contributed by atoms with Crippen molar-refractivity contribution < 1.29 is 9.53 Å². The van der Waals surface area contributed by atoms with Crippen molar-refractivity contribution in [3.05, 3.63) is 36.0 Å². The van der Waals surface area contributed by atoms with Crippen LogP contribution in [0.5, 0.6) is 5.75 Å². The molecule has 1 aliphatic rings. The van der Waals surface area contributed by atoms with Crippen LogP contribution >= 0.6 is 0 Å². The van der Waals surface area contributed by atoms with Gasteiger partial charge in [-0.1, -0.05) is 26.8 Å². The van der Waals surface area contributed by atoms with Crippen molar-refractivity contribution in [3.63, 3.8) is 0 Å². The maximum absolute atomic E-state index is 12.1. The molecule has 1 aromatic rings. The Kier molecular flexibility index (Phi) is 5.28. The first-order valence-electron chi connectivity index (χ1n) is 8.12. The molecule has 0 aliphatic heterocycles. The predicted octanol–water partition coefficient (Wildman–Crippen LogP) is 4.80. The summed E-state index contributed by atoms with van der Waals surface area (Å²) < 4.78 is 5.49. The van der Waals surface area contributed by atoms with Gasteiger partial charge in [-0.25, -0.2) is 0 Å². The number of benzene rings is 1. The van der Waals surface area contributed by atoms with Crippen LogP contribution in [0.4, 0.5) is 5.69 Å². The fourth-order valence-corrected chi connectivity index (χ4v) is 2.84. The Hall–Kier alpha value is -1.77. The predicted molar refractivity (Wildman–Crippen MR) is 91.1 cm³/mol. The second kappa shape index (κ2) is 6.99. The summed E-state index contributed by atoms with van der Waals surface area (Å²) in [5.41, 5.74) is 2.10. The number of carbonyl (C=O) groups is 1. The summed E-state index contributed by atoms with van der Waals surface area (Å²) in [6.07, 6.45) is 4.40. The summed E-state index contributed by atoms with van der Waals surface area (Å²) in [4.78, 5) is 12.1. The van der Waals surface area contributed by atoms with Gasteiger partial charge in [-0.2, -0.15) is 0 Å². The van der Waals surface area contributed by atoms with E-state index in [0.717, 1.165) is 29.9 Å². The van der Waals surface area contributed by atoms with E-state index in [1.54, 1.807) is 0 Å². The molecule has 0 radical (unpaired) electrons. The highest BCUT2D eigenvalue weighted by atomic mass is 16.5.